The van der Waals surface area contributed by atoms with Crippen molar-refractivity contribution in [1.82, 2.24) is 4.72 Å². The Morgan fingerprint density at radius 2 is 1.48 bits per heavy atom. The highest BCUT2D eigenvalue weighted by Gasteiger charge is 2.31. The molecule has 0 unspecified atom stereocenters. The van der Waals surface area contributed by atoms with Gasteiger partial charge in [0.15, 0.2) is 0 Å². The average Bonchev–Trinajstić information content (AvgIpc) is 2.74. The summed E-state index contributed by atoms with van der Waals surface area (Å²) in [5.74, 6) is -0.775. The molecule has 9 heteroatoms. The van der Waals surface area contributed by atoms with Crippen LogP contribution in [0.4, 0.5) is 18.9 Å². The second-order valence-electron chi connectivity index (χ2n) is 6.74. The molecule has 1 amide bonds. The Morgan fingerprint density at radius 1 is 0.871 bits per heavy atom. The van der Waals surface area contributed by atoms with Gasteiger partial charge in [-0.3, -0.25) is 4.79 Å². The summed E-state index contributed by atoms with van der Waals surface area (Å²) >= 11 is 0. The molecule has 0 saturated heterocycles. The third-order valence-electron chi connectivity index (χ3n) is 4.41. The van der Waals surface area contributed by atoms with E-state index < -0.39 is 33.7 Å². The first-order valence-corrected chi connectivity index (χ1v) is 10.7. The predicted octanol–water partition coefficient (Wildman–Crippen LogP) is 4.23. The van der Waals surface area contributed by atoms with Gasteiger partial charge in [0.1, 0.15) is 6.04 Å². The number of hydrogen-bond donors (Lipinski definition) is 2. The van der Waals surface area contributed by atoms with E-state index in [1.54, 1.807) is 48.5 Å². The molecule has 0 bridgehead atoms. The van der Waals surface area contributed by atoms with Crippen LogP contribution in [0, 0.1) is 0 Å². The molecule has 0 spiro atoms. The summed E-state index contributed by atoms with van der Waals surface area (Å²) < 4.78 is 66.7. The zero-order chi connectivity index (χ0) is 22.5. The number of benzene rings is 3. The highest BCUT2D eigenvalue weighted by atomic mass is 32.2. The first-order valence-electron chi connectivity index (χ1n) is 9.24. The average molecular weight is 448 g/mol. The molecule has 1 atom stereocenters. The van der Waals surface area contributed by atoms with Gasteiger partial charge in [0.25, 0.3) is 0 Å². The van der Waals surface area contributed by atoms with Gasteiger partial charge < -0.3 is 5.32 Å². The Morgan fingerprint density at radius 3 is 2.10 bits per heavy atom. The van der Waals surface area contributed by atoms with E-state index in [-0.39, 0.29) is 17.0 Å². The van der Waals surface area contributed by atoms with Gasteiger partial charge in [-0.2, -0.15) is 17.9 Å². The number of sulfonamides is 1. The number of nitrogens with one attached hydrogen (secondary N) is 2. The monoisotopic (exact) mass is 448 g/mol. The Labute approximate surface area is 178 Å². The van der Waals surface area contributed by atoms with Crippen LogP contribution >= 0.6 is 0 Å². The summed E-state index contributed by atoms with van der Waals surface area (Å²) in [6, 6.07) is 19.1. The quantitative estimate of drug-likeness (QED) is 0.568. The first kappa shape index (κ1) is 22.5. The van der Waals surface area contributed by atoms with Gasteiger partial charge in [-0.15, -0.1) is 0 Å². The molecule has 2 N–H and O–H groups in total. The van der Waals surface area contributed by atoms with Gasteiger partial charge >= 0.3 is 6.18 Å². The lowest BCUT2D eigenvalue weighted by Crippen LogP contribution is -2.45. The maximum absolute atomic E-state index is 13.0. The van der Waals surface area contributed by atoms with Crippen molar-refractivity contribution >= 4 is 21.6 Å². The number of carbonyl (C=O) groups excluding carboxylic acids is 1. The van der Waals surface area contributed by atoms with Gasteiger partial charge in [0.05, 0.1) is 10.5 Å². The Kier molecular flexibility index (Phi) is 6.77. The van der Waals surface area contributed by atoms with Crippen LogP contribution in [0.5, 0.6) is 0 Å². The van der Waals surface area contributed by atoms with E-state index in [1.165, 1.54) is 24.3 Å². The lowest BCUT2D eigenvalue weighted by molar-refractivity contribution is -0.137. The zero-order valence-electron chi connectivity index (χ0n) is 16.1. The van der Waals surface area contributed by atoms with E-state index in [4.69, 9.17) is 0 Å². The second-order valence-corrected chi connectivity index (χ2v) is 8.46. The molecule has 0 aliphatic carbocycles. The van der Waals surface area contributed by atoms with E-state index in [0.29, 0.717) is 5.56 Å². The molecule has 3 aromatic rings. The van der Waals surface area contributed by atoms with Gasteiger partial charge in [-0.1, -0.05) is 54.6 Å². The van der Waals surface area contributed by atoms with Crippen molar-refractivity contribution in [3.05, 3.63) is 96.1 Å². The highest BCUT2D eigenvalue weighted by Crippen LogP contribution is 2.30. The third-order valence-corrected chi connectivity index (χ3v) is 5.90. The van der Waals surface area contributed by atoms with Crippen LogP contribution in [0.3, 0.4) is 0 Å². The Balaban J connectivity index is 1.86. The molecule has 0 heterocycles. The number of carbonyl (C=O) groups is 1. The van der Waals surface area contributed by atoms with Crippen LogP contribution < -0.4 is 10.0 Å². The molecule has 0 saturated carbocycles. The van der Waals surface area contributed by atoms with Crippen molar-refractivity contribution in [3.8, 4) is 0 Å². The number of halogens is 3. The summed E-state index contributed by atoms with van der Waals surface area (Å²) in [4.78, 5) is 12.8. The molecule has 0 aliphatic heterocycles. The largest absolute Gasteiger partial charge is 0.416 e. The summed E-state index contributed by atoms with van der Waals surface area (Å²) in [6.45, 7) is 0. The molecule has 5 nitrogen and oxygen atoms in total. The third kappa shape index (κ3) is 6.16. The molecule has 162 valence electrons. The van der Waals surface area contributed by atoms with Crippen LogP contribution in [0.15, 0.2) is 89.8 Å². The van der Waals surface area contributed by atoms with Gasteiger partial charge in [0.2, 0.25) is 15.9 Å². The summed E-state index contributed by atoms with van der Waals surface area (Å²) in [5, 5.41) is 2.38. The molecule has 0 aliphatic rings. The molecule has 3 rings (SSSR count). The van der Waals surface area contributed by atoms with Crippen LogP contribution in [-0.4, -0.2) is 20.4 Å². The lowest BCUT2D eigenvalue weighted by atomic mass is 10.1. The van der Waals surface area contributed by atoms with Gasteiger partial charge in [0, 0.05) is 5.69 Å². The van der Waals surface area contributed by atoms with Crippen LogP contribution in [-0.2, 0) is 27.4 Å². The number of amides is 1. The maximum Gasteiger partial charge on any atom is 0.416 e. The van der Waals surface area contributed by atoms with Crippen molar-refractivity contribution in [2.24, 2.45) is 0 Å². The number of alkyl halides is 3. The Bertz CT molecular complexity index is 1140. The first-order chi connectivity index (χ1) is 14.6. The van der Waals surface area contributed by atoms with E-state index in [2.05, 4.69) is 10.0 Å². The summed E-state index contributed by atoms with van der Waals surface area (Å²) in [7, 11) is -4.04. The smallest absolute Gasteiger partial charge is 0.325 e. The van der Waals surface area contributed by atoms with Gasteiger partial charge in [-0.05, 0) is 42.3 Å². The normalized spacial score (nSPS) is 12.9. The van der Waals surface area contributed by atoms with Crippen LogP contribution in [0.2, 0.25) is 0 Å². The summed E-state index contributed by atoms with van der Waals surface area (Å²) in [5.41, 5.74) is -0.325. The minimum absolute atomic E-state index is 0.0116. The van der Waals surface area contributed by atoms with Crippen molar-refractivity contribution in [1.29, 1.82) is 0 Å². The molecule has 3 aromatic carbocycles. The standard InChI is InChI=1S/C22H19F3N2O3S/c23-22(24,25)17-10-7-11-18(15-17)26-21(28)20(14-16-8-3-1-4-9-16)27-31(29,30)19-12-5-2-6-13-19/h1-13,15,20,27H,14H2,(H,26,28)/t20-/m1/s1. The molecule has 0 fully saturated rings. The SMILES string of the molecule is O=C(Nc1cccc(C(F)(F)F)c1)[C@@H](Cc1ccccc1)NS(=O)(=O)c1ccccc1. The predicted molar refractivity (Wildman–Crippen MR) is 111 cm³/mol. The minimum Gasteiger partial charge on any atom is -0.325 e. The fourth-order valence-corrected chi connectivity index (χ4v) is 4.11. The van der Waals surface area contributed by atoms with Gasteiger partial charge in [-0.25, -0.2) is 8.42 Å². The van der Waals surface area contributed by atoms with Crippen LogP contribution in [0.1, 0.15) is 11.1 Å². The number of rotatable bonds is 7. The van der Waals surface area contributed by atoms with E-state index in [9.17, 15) is 26.4 Å². The molecule has 0 aromatic heterocycles. The lowest BCUT2D eigenvalue weighted by Gasteiger charge is -2.19. The molecule has 0 radical (unpaired) electrons. The van der Waals surface area contributed by atoms with Crippen LogP contribution in [0.25, 0.3) is 0 Å². The Hall–Kier alpha value is -3.17. The van der Waals surface area contributed by atoms with Crippen molar-refractivity contribution in [2.45, 2.75) is 23.5 Å². The fraction of sp³-hybridized carbons (Fsp3) is 0.136. The zero-order valence-corrected chi connectivity index (χ0v) is 17.0. The maximum atomic E-state index is 13.0. The molecular formula is C22H19F3N2O3S. The van der Waals surface area contributed by atoms with E-state index in [1.807, 2.05) is 0 Å². The highest BCUT2D eigenvalue weighted by molar-refractivity contribution is 7.89. The number of hydrogen-bond acceptors (Lipinski definition) is 3. The van der Waals surface area contributed by atoms with Crippen molar-refractivity contribution in [3.63, 3.8) is 0 Å². The topological polar surface area (TPSA) is 75.3 Å². The van der Waals surface area contributed by atoms with E-state index >= 15 is 0 Å². The van der Waals surface area contributed by atoms with Crippen molar-refractivity contribution < 1.29 is 26.4 Å². The minimum atomic E-state index is -4.57. The molecular weight excluding hydrogens is 429 g/mol. The second kappa shape index (κ2) is 9.32. The number of anilines is 1. The van der Waals surface area contributed by atoms with E-state index in [0.717, 1.165) is 12.1 Å². The van der Waals surface area contributed by atoms with Crippen molar-refractivity contribution in [2.75, 3.05) is 5.32 Å². The fourth-order valence-electron chi connectivity index (χ4n) is 2.90. The molecule has 31 heavy (non-hydrogen) atoms. The summed E-state index contributed by atoms with van der Waals surface area (Å²) in [6.07, 6.45) is -4.56.